The number of nitrogens with zero attached hydrogens (tertiary/aromatic N) is 2. The van der Waals surface area contributed by atoms with Crippen LogP contribution in [0.25, 0.3) is 0 Å². The number of carbonyl (C=O) groups excluding carboxylic acids is 2. The summed E-state index contributed by atoms with van der Waals surface area (Å²) in [6, 6.07) is 12.5. The summed E-state index contributed by atoms with van der Waals surface area (Å²) in [6.45, 7) is 1.43. The molecule has 33 heavy (non-hydrogen) atoms. The Labute approximate surface area is 194 Å². The number of carbonyl (C=O) groups is 2. The van der Waals surface area contributed by atoms with Crippen LogP contribution in [0.15, 0.2) is 53.5 Å². The van der Waals surface area contributed by atoms with Crippen LogP contribution in [-0.4, -0.2) is 64.4 Å². The minimum Gasteiger partial charge on any atom is -0.545 e. The Hall–Kier alpha value is -2.88. The van der Waals surface area contributed by atoms with Crippen molar-refractivity contribution >= 4 is 28.9 Å². The Morgan fingerprint density at radius 3 is 2.09 bits per heavy atom. The van der Waals surface area contributed by atoms with Crippen molar-refractivity contribution in [3.05, 3.63) is 70.8 Å². The summed E-state index contributed by atoms with van der Waals surface area (Å²) >= 11 is 1.47. The summed E-state index contributed by atoms with van der Waals surface area (Å²) in [5.74, 6) is -3.88. The number of carboxylic acid groups (broad SMARTS) is 2. The van der Waals surface area contributed by atoms with E-state index in [1.807, 2.05) is 0 Å². The van der Waals surface area contributed by atoms with Crippen LogP contribution in [0, 0.1) is 0 Å². The summed E-state index contributed by atoms with van der Waals surface area (Å²) in [4.78, 5) is 31.0. The Morgan fingerprint density at radius 2 is 1.58 bits per heavy atom. The average Bonchev–Trinajstić information content (AvgIpc) is 3.19. The number of aromatic carboxylic acids is 2. The van der Waals surface area contributed by atoms with E-state index in [9.17, 15) is 24.9 Å². The fourth-order valence-electron chi connectivity index (χ4n) is 4.99. The van der Waals surface area contributed by atoms with E-state index in [-0.39, 0.29) is 17.7 Å². The van der Waals surface area contributed by atoms with Gasteiger partial charge in [-0.25, -0.2) is 0 Å². The number of likely N-dealkylation sites (tertiary alicyclic amines) is 1. The number of hydrogen-bond acceptors (Lipinski definition) is 9. The van der Waals surface area contributed by atoms with Crippen LogP contribution in [0.3, 0.4) is 0 Å². The molecule has 3 aliphatic heterocycles. The minimum absolute atomic E-state index is 0.0171. The van der Waals surface area contributed by atoms with Gasteiger partial charge in [0.15, 0.2) is 5.17 Å². The van der Waals surface area contributed by atoms with Gasteiger partial charge in [-0.3, -0.25) is 4.99 Å². The van der Waals surface area contributed by atoms with Gasteiger partial charge in [0.05, 0.1) is 30.7 Å². The number of aliphatic imine (C=N–C) groups is 1. The highest BCUT2D eigenvalue weighted by Crippen LogP contribution is 2.52. The lowest BCUT2D eigenvalue weighted by atomic mass is 9.70. The van der Waals surface area contributed by atoms with Gasteiger partial charge in [0.2, 0.25) is 0 Å². The Bertz CT molecular complexity index is 1120. The fourth-order valence-corrected chi connectivity index (χ4v) is 6.28. The van der Waals surface area contributed by atoms with Crippen LogP contribution < -0.4 is 10.2 Å². The highest BCUT2D eigenvalue weighted by molar-refractivity contribution is 8.14. The quantitative estimate of drug-likeness (QED) is 0.661. The molecule has 0 saturated carbocycles. The molecule has 0 unspecified atom stereocenters. The predicted molar refractivity (Wildman–Crippen MR) is 118 cm³/mol. The maximum Gasteiger partial charge on any atom is 0.162 e. The second-order valence-corrected chi connectivity index (χ2v) is 9.45. The number of rotatable bonds is 5. The Kier molecular flexibility index (Phi) is 5.86. The van der Waals surface area contributed by atoms with E-state index in [4.69, 9.17) is 9.73 Å². The second kappa shape index (κ2) is 8.81. The maximum atomic E-state index is 12.0. The molecule has 2 saturated heterocycles. The van der Waals surface area contributed by atoms with Crippen molar-refractivity contribution in [2.24, 2.45) is 4.99 Å². The molecule has 0 spiro atoms. The SMILES string of the molecule is O=C([O-])c1ccccc1[C@@H]1[C@H]2N=C(N3CCC3)S[C@H]2O[C@@H](CO)[C@@H]1c1ccccc1C(=O)[O-]. The first kappa shape index (κ1) is 21.9. The van der Waals surface area contributed by atoms with Crippen molar-refractivity contribution in [2.45, 2.75) is 35.8 Å². The lowest BCUT2D eigenvalue weighted by molar-refractivity contribution is -0.256. The van der Waals surface area contributed by atoms with Crippen molar-refractivity contribution in [1.29, 1.82) is 0 Å². The second-order valence-electron chi connectivity index (χ2n) is 8.39. The predicted octanol–water partition coefficient (Wildman–Crippen LogP) is 0.175. The van der Waals surface area contributed by atoms with Crippen LogP contribution in [0.2, 0.25) is 0 Å². The van der Waals surface area contributed by atoms with Gasteiger partial charge < -0.3 is 34.5 Å². The molecule has 0 radical (unpaired) electrons. The number of amidine groups is 1. The van der Waals surface area contributed by atoms with Crippen molar-refractivity contribution in [2.75, 3.05) is 19.7 Å². The molecule has 2 aromatic rings. The normalized spacial score (nSPS) is 28.6. The van der Waals surface area contributed by atoms with Gasteiger partial charge in [-0.15, -0.1) is 0 Å². The van der Waals surface area contributed by atoms with Crippen LogP contribution in [0.5, 0.6) is 0 Å². The number of hydrogen-bond donors (Lipinski definition) is 1. The highest BCUT2D eigenvalue weighted by atomic mass is 32.2. The van der Waals surface area contributed by atoms with E-state index >= 15 is 0 Å². The molecule has 5 rings (SSSR count). The van der Waals surface area contributed by atoms with Crippen molar-refractivity contribution in [1.82, 2.24) is 4.90 Å². The standard InChI is InChI=1S/C24H24N2O6S/c27-12-17-18(13-6-1-3-8-15(13)21(28)29)19(14-7-2-4-9-16(14)22(30)31)20-23(32-17)33-24(25-20)26-10-5-11-26/h1-4,6-9,17-20,23,27H,5,10-12H2,(H,28,29)(H,30,31)/p-2/t17-,18-,19-,20+,23+/m0/s1. The molecule has 0 amide bonds. The highest BCUT2D eigenvalue weighted by Gasteiger charge is 2.51. The summed E-state index contributed by atoms with van der Waals surface area (Å²) in [7, 11) is 0. The zero-order chi connectivity index (χ0) is 23.1. The molecule has 9 heteroatoms. The number of fused-ring (bicyclic) bond motifs is 1. The third-order valence-corrected chi connectivity index (χ3v) is 7.81. The number of aliphatic hydroxyl groups excluding tert-OH is 1. The number of benzene rings is 2. The Balaban J connectivity index is 1.70. The molecule has 0 aromatic heterocycles. The fraction of sp³-hybridized carbons (Fsp3) is 0.375. The minimum atomic E-state index is -1.35. The van der Waals surface area contributed by atoms with Gasteiger partial charge in [0.1, 0.15) is 5.44 Å². The van der Waals surface area contributed by atoms with Crippen LogP contribution in [0.1, 0.15) is 50.1 Å². The molecular weight excluding hydrogens is 444 g/mol. The van der Waals surface area contributed by atoms with E-state index in [2.05, 4.69) is 4.90 Å². The molecule has 5 atom stereocenters. The monoisotopic (exact) mass is 466 g/mol. The van der Waals surface area contributed by atoms with Crippen molar-refractivity contribution in [3.63, 3.8) is 0 Å². The molecule has 3 heterocycles. The lowest BCUT2D eigenvalue weighted by Crippen LogP contribution is -2.47. The van der Waals surface area contributed by atoms with Gasteiger partial charge in [0, 0.05) is 36.1 Å². The molecular formula is C24H22N2O6S-2. The average molecular weight is 467 g/mol. The first-order valence-electron chi connectivity index (χ1n) is 10.9. The van der Waals surface area contributed by atoms with E-state index in [0.717, 1.165) is 24.7 Å². The van der Waals surface area contributed by atoms with Crippen LogP contribution in [0.4, 0.5) is 0 Å². The van der Waals surface area contributed by atoms with E-state index in [1.165, 1.54) is 23.9 Å². The van der Waals surface area contributed by atoms with Crippen LogP contribution in [-0.2, 0) is 4.74 Å². The zero-order valence-electron chi connectivity index (χ0n) is 17.6. The van der Waals surface area contributed by atoms with Crippen molar-refractivity contribution in [3.8, 4) is 0 Å². The molecule has 8 nitrogen and oxygen atoms in total. The molecule has 2 aromatic carbocycles. The van der Waals surface area contributed by atoms with Crippen molar-refractivity contribution < 1.29 is 29.6 Å². The molecule has 172 valence electrons. The summed E-state index contributed by atoms with van der Waals surface area (Å²) in [5, 5.41) is 35.1. The third-order valence-electron chi connectivity index (χ3n) is 6.61. The van der Waals surface area contributed by atoms with Gasteiger partial charge in [-0.2, -0.15) is 0 Å². The molecule has 3 aliphatic rings. The number of ether oxygens (including phenoxy) is 1. The first-order chi connectivity index (χ1) is 16.0. The molecule has 0 bridgehead atoms. The summed E-state index contributed by atoms with van der Waals surface area (Å²) in [5.41, 5.74) is 0.487. The van der Waals surface area contributed by atoms with Crippen LogP contribution >= 0.6 is 11.8 Å². The molecule has 0 aliphatic carbocycles. The molecule has 2 fully saturated rings. The summed E-state index contributed by atoms with van der Waals surface area (Å²) < 4.78 is 6.26. The van der Waals surface area contributed by atoms with E-state index in [0.29, 0.717) is 11.1 Å². The van der Waals surface area contributed by atoms with Gasteiger partial charge in [-0.05, 0) is 17.5 Å². The van der Waals surface area contributed by atoms with Gasteiger partial charge in [0.25, 0.3) is 0 Å². The Morgan fingerprint density at radius 1 is 1.00 bits per heavy atom. The topological polar surface area (TPSA) is 125 Å². The first-order valence-corrected chi connectivity index (χ1v) is 11.7. The zero-order valence-corrected chi connectivity index (χ0v) is 18.4. The van der Waals surface area contributed by atoms with E-state index < -0.39 is 41.4 Å². The largest absolute Gasteiger partial charge is 0.545 e. The lowest BCUT2D eigenvalue weighted by Gasteiger charge is -2.44. The van der Waals surface area contributed by atoms with E-state index in [1.54, 1.807) is 36.4 Å². The summed E-state index contributed by atoms with van der Waals surface area (Å²) in [6.07, 6.45) is 0.318. The maximum absolute atomic E-state index is 12.0. The molecule has 1 N–H and O–H groups in total. The third kappa shape index (κ3) is 3.80. The van der Waals surface area contributed by atoms with Gasteiger partial charge in [-0.1, -0.05) is 60.3 Å². The smallest absolute Gasteiger partial charge is 0.162 e. The number of thioether (sulfide) groups is 1. The number of aliphatic hydroxyl groups is 1. The van der Waals surface area contributed by atoms with Gasteiger partial charge >= 0.3 is 0 Å². The number of carboxylic acids is 2.